The maximum absolute atomic E-state index is 12.0. The lowest BCUT2D eigenvalue weighted by Gasteiger charge is -2.20. The fourth-order valence-corrected chi connectivity index (χ4v) is 1.61. The zero-order valence-corrected chi connectivity index (χ0v) is 8.53. The summed E-state index contributed by atoms with van der Waals surface area (Å²) in [6.07, 6.45) is -4.62. The molecule has 0 N–H and O–H groups in total. The summed E-state index contributed by atoms with van der Waals surface area (Å²) in [6, 6.07) is 6.73. The Bertz CT molecular complexity index is 502. The van der Waals surface area contributed by atoms with Crippen molar-refractivity contribution in [3.05, 3.63) is 34.9 Å². The number of hydrogen-bond donors (Lipinski definition) is 0. The molecule has 0 aliphatic carbocycles. The molecular weight excluding hydrogens is 233 g/mol. The van der Waals surface area contributed by atoms with Crippen LogP contribution in [-0.2, 0) is 11.2 Å². The summed E-state index contributed by atoms with van der Waals surface area (Å²) in [6.45, 7) is 0. The average Bonchev–Trinajstić information content (AvgIpc) is 2.26. The van der Waals surface area contributed by atoms with E-state index >= 15 is 0 Å². The highest BCUT2D eigenvalue weighted by Gasteiger charge is 2.34. The molecule has 1 unspecified atom stereocenters. The lowest BCUT2D eigenvalue weighted by Crippen LogP contribution is -2.26. The van der Waals surface area contributed by atoms with Gasteiger partial charge in [-0.3, -0.25) is 9.73 Å². The smallest absolute Gasteiger partial charge is 0.266 e. The van der Waals surface area contributed by atoms with Crippen molar-refractivity contribution in [1.82, 2.24) is 0 Å². The number of nitrogens with zero attached hydrogens (tertiary/aromatic N) is 2. The van der Waals surface area contributed by atoms with E-state index in [9.17, 15) is 13.2 Å². The Balaban J connectivity index is 2.21. The van der Waals surface area contributed by atoms with E-state index in [0.717, 1.165) is 0 Å². The van der Waals surface area contributed by atoms with Crippen molar-refractivity contribution in [2.45, 2.75) is 19.0 Å². The van der Waals surface area contributed by atoms with Gasteiger partial charge in [0.1, 0.15) is 0 Å². The van der Waals surface area contributed by atoms with Gasteiger partial charge in [-0.05, 0) is 23.3 Å². The SMILES string of the molecule is N#Cc1ccc2c(c1)CC(OC(F)(F)F)N=C2. The minimum absolute atomic E-state index is 0.0147. The van der Waals surface area contributed by atoms with Crippen LogP contribution in [0.3, 0.4) is 0 Å². The summed E-state index contributed by atoms with van der Waals surface area (Å²) >= 11 is 0. The topological polar surface area (TPSA) is 45.4 Å². The second-order valence-electron chi connectivity index (χ2n) is 3.53. The van der Waals surface area contributed by atoms with E-state index in [1.54, 1.807) is 18.2 Å². The van der Waals surface area contributed by atoms with Gasteiger partial charge in [0.05, 0.1) is 11.6 Å². The van der Waals surface area contributed by atoms with Crippen molar-refractivity contribution in [3.8, 4) is 6.07 Å². The van der Waals surface area contributed by atoms with Gasteiger partial charge in [-0.2, -0.15) is 5.26 Å². The largest absolute Gasteiger partial charge is 0.524 e. The van der Waals surface area contributed by atoms with Crippen LogP contribution in [0.15, 0.2) is 23.2 Å². The standard InChI is InChI=1S/C11H7F3N2O/c12-11(13,14)17-10-4-9-3-7(5-15)1-2-8(9)6-16-10/h1-3,6,10H,4H2. The summed E-state index contributed by atoms with van der Waals surface area (Å²) in [5, 5.41) is 8.70. The van der Waals surface area contributed by atoms with Crippen molar-refractivity contribution < 1.29 is 17.9 Å². The van der Waals surface area contributed by atoms with Gasteiger partial charge in [-0.25, -0.2) is 0 Å². The third-order valence-electron chi connectivity index (χ3n) is 2.32. The molecule has 1 atom stereocenters. The predicted molar refractivity (Wildman–Crippen MR) is 53.4 cm³/mol. The molecule has 0 spiro atoms. The molecule has 0 amide bonds. The van der Waals surface area contributed by atoms with Crippen LogP contribution in [0.4, 0.5) is 13.2 Å². The van der Waals surface area contributed by atoms with Crippen molar-refractivity contribution in [3.63, 3.8) is 0 Å². The molecule has 88 valence electrons. The molecule has 1 aromatic carbocycles. The summed E-state index contributed by atoms with van der Waals surface area (Å²) in [5.74, 6) is 0. The first-order chi connectivity index (χ1) is 7.98. The number of ether oxygens (including phenoxy) is 1. The maximum atomic E-state index is 12.0. The number of hydrogen-bond acceptors (Lipinski definition) is 3. The van der Waals surface area contributed by atoms with Crippen LogP contribution in [-0.4, -0.2) is 18.8 Å². The van der Waals surface area contributed by atoms with Crippen LogP contribution >= 0.6 is 0 Å². The highest BCUT2D eigenvalue weighted by Crippen LogP contribution is 2.24. The van der Waals surface area contributed by atoms with Crippen molar-refractivity contribution in [2.24, 2.45) is 4.99 Å². The van der Waals surface area contributed by atoms with Crippen LogP contribution in [0.2, 0.25) is 0 Å². The zero-order chi connectivity index (χ0) is 12.5. The van der Waals surface area contributed by atoms with E-state index in [0.29, 0.717) is 16.7 Å². The van der Waals surface area contributed by atoms with Gasteiger partial charge in [0.2, 0.25) is 0 Å². The molecule has 2 rings (SSSR count). The molecular formula is C11H7F3N2O. The fraction of sp³-hybridized carbons (Fsp3) is 0.273. The Morgan fingerprint density at radius 2 is 2.18 bits per heavy atom. The van der Waals surface area contributed by atoms with Crippen LogP contribution in [0.25, 0.3) is 0 Å². The quantitative estimate of drug-likeness (QED) is 0.756. The molecule has 0 bridgehead atoms. The van der Waals surface area contributed by atoms with Crippen molar-refractivity contribution >= 4 is 6.21 Å². The second-order valence-corrected chi connectivity index (χ2v) is 3.53. The molecule has 1 aliphatic heterocycles. The molecule has 0 radical (unpaired) electrons. The molecule has 0 fully saturated rings. The number of nitriles is 1. The molecule has 0 aromatic heterocycles. The van der Waals surface area contributed by atoms with E-state index in [-0.39, 0.29) is 6.42 Å². The molecule has 0 saturated carbocycles. The van der Waals surface area contributed by atoms with E-state index in [4.69, 9.17) is 5.26 Å². The van der Waals surface area contributed by atoms with Crippen LogP contribution in [0.1, 0.15) is 16.7 Å². The Morgan fingerprint density at radius 3 is 2.82 bits per heavy atom. The lowest BCUT2D eigenvalue weighted by atomic mass is 10.00. The third-order valence-corrected chi connectivity index (χ3v) is 2.32. The zero-order valence-electron chi connectivity index (χ0n) is 8.53. The molecule has 0 saturated heterocycles. The Kier molecular flexibility index (Phi) is 2.86. The number of halogens is 3. The first-order valence-electron chi connectivity index (χ1n) is 4.79. The van der Waals surface area contributed by atoms with Crippen molar-refractivity contribution in [2.75, 3.05) is 0 Å². The predicted octanol–water partition coefficient (Wildman–Crippen LogP) is 2.40. The molecule has 1 aromatic rings. The number of fused-ring (bicyclic) bond motifs is 1. The van der Waals surface area contributed by atoms with Gasteiger partial charge in [0, 0.05) is 12.6 Å². The number of benzene rings is 1. The first kappa shape index (κ1) is 11.6. The Hall–Kier alpha value is -1.87. The maximum Gasteiger partial charge on any atom is 0.524 e. The van der Waals surface area contributed by atoms with Gasteiger partial charge >= 0.3 is 6.36 Å². The molecule has 3 nitrogen and oxygen atoms in total. The second kappa shape index (κ2) is 4.18. The van der Waals surface area contributed by atoms with Gasteiger partial charge in [0.25, 0.3) is 0 Å². The Morgan fingerprint density at radius 1 is 1.41 bits per heavy atom. The minimum atomic E-state index is -4.70. The molecule has 1 heterocycles. The molecule has 6 heteroatoms. The van der Waals surface area contributed by atoms with E-state index < -0.39 is 12.6 Å². The minimum Gasteiger partial charge on any atom is -0.266 e. The molecule has 1 aliphatic rings. The van der Waals surface area contributed by atoms with Gasteiger partial charge in [-0.1, -0.05) is 6.07 Å². The third kappa shape index (κ3) is 2.82. The number of aliphatic imine (C=N–C) groups is 1. The van der Waals surface area contributed by atoms with E-state index in [1.165, 1.54) is 6.21 Å². The van der Waals surface area contributed by atoms with E-state index in [1.807, 2.05) is 6.07 Å². The number of alkyl halides is 3. The fourth-order valence-electron chi connectivity index (χ4n) is 1.61. The first-order valence-corrected chi connectivity index (χ1v) is 4.79. The summed E-state index contributed by atoms with van der Waals surface area (Å²) in [4.78, 5) is 3.66. The van der Waals surface area contributed by atoms with E-state index in [2.05, 4.69) is 9.73 Å². The van der Waals surface area contributed by atoms with Crippen molar-refractivity contribution in [1.29, 1.82) is 5.26 Å². The molecule has 17 heavy (non-hydrogen) atoms. The van der Waals surface area contributed by atoms with Gasteiger partial charge < -0.3 is 0 Å². The van der Waals surface area contributed by atoms with Crippen LogP contribution in [0.5, 0.6) is 0 Å². The van der Waals surface area contributed by atoms with Gasteiger partial charge in [-0.15, -0.1) is 13.2 Å². The average molecular weight is 240 g/mol. The number of rotatable bonds is 1. The highest BCUT2D eigenvalue weighted by atomic mass is 19.4. The summed E-state index contributed by atoms with van der Waals surface area (Å²) < 4.78 is 39.9. The van der Waals surface area contributed by atoms with Crippen LogP contribution < -0.4 is 0 Å². The van der Waals surface area contributed by atoms with Gasteiger partial charge in [0.15, 0.2) is 6.23 Å². The van der Waals surface area contributed by atoms with Crippen LogP contribution in [0, 0.1) is 11.3 Å². The summed E-state index contributed by atoms with van der Waals surface area (Å²) in [5.41, 5.74) is 1.75. The highest BCUT2D eigenvalue weighted by molar-refractivity contribution is 5.83. The summed E-state index contributed by atoms with van der Waals surface area (Å²) in [7, 11) is 0. The lowest BCUT2D eigenvalue weighted by molar-refractivity contribution is -0.341. The normalized spacial score (nSPS) is 18.6. The monoisotopic (exact) mass is 240 g/mol. The Labute approximate surface area is 95.1 Å².